The molecule has 0 fully saturated rings. The molecular formula is C16H17N3OS. The van der Waals surface area contributed by atoms with Gasteiger partial charge in [-0.25, -0.2) is 0 Å². The van der Waals surface area contributed by atoms with Crippen LogP contribution in [0.3, 0.4) is 0 Å². The van der Waals surface area contributed by atoms with Gasteiger partial charge in [-0.1, -0.05) is 18.2 Å². The molecule has 1 N–H and O–H groups in total. The number of hydrogen-bond donors (Lipinski definition) is 1. The molecule has 0 aliphatic heterocycles. The maximum Gasteiger partial charge on any atom is 0.247 e. The Bertz CT molecular complexity index is 705. The Morgan fingerprint density at radius 3 is 2.67 bits per heavy atom. The Morgan fingerprint density at radius 1 is 1.14 bits per heavy atom. The summed E-state index contributed by atoms with van der Waals surface area (Å²) in [5.74, 6) is 1.17. The van der Waals surface area contributed by atoms with Gasteiger partial charge >= 0.3 is 0 Å². The van der Waals surface area contributed by atoms with E-state index < -0.39 is 0 Å². The molecule has 1 atom stereocenters. The number of benzene rings is 1. The average Bonchev–Trinajstić information content (AvgIpc) is 3.15. The summed E-state index contributed by atoms with van der Waals surface area (Å²) in [6.07, 6.45) is 0. The predicted molar refractivity (Wildman–Crippen MR) is 84.0 cm³/mol. The first-order chi connectivity index (χ1) is 10.2. The van der Waals surface area contributed by atoms with Gasteiger partial charge in [-0.05, 0) is 38.1 Å². The van der Waals surface area contributed by atoms with Crippen LogP contribution in [-0.4, -0.2) is 10.2 Å². The van der Waals surface area contributed by atoms with Crippen molar-refractivity contribution in [3.63, 3.8) is 0 Å². The average molecular weight is 299 g/mol. The van der Waals surface area contributed by atoms with Crippen LogP contribution in [0.5, 0.6) is 0 Å². The second-order valence-corrected chi connectivity index (χ2v) is 6.24. The maximum absolute atomic E-state index is 5.68. The molecule has 0 bridgehead atoms. The number of thiophene rings is 1. The highest BCUT2D eigenvalue weighted by atomic mass is 32.1. The lowest BCUT2D eigenvalue weighted by Crippen LogP contribution is -2.17. The summed E-state index contributed by atoms with van der Waals surface area (Å²) in [4.78, 5) is 2.64. The van der Waals surface area contributed by atoms with Crippen LogP contribution in [0.4, 0.5) is 0 Å². The fourth-order valence-electron chi connectivity index (χ4n) is 2.05. The van der Waals surface area contributed by atoms with Crippen molar-refractivity contribution in [1.29, 1.82) is 0 Å². The molecule has 0 aliphatic rings. The lowest BCUT2D eigenvalue weighted by molar-refractivity contribution is 0.456. The van der Waals surface area contributed by atoms with E-state index in [9.17, 15) is 0 Å². The molecule has 108 valence electrons. The zero-order valence-electron chi connectivity index (χ0n) is 12.0. The summed E-state index contributed by atoms with van der Waals surface area (Å²) < 4.78 is 5.68. The third-order valence-corrected chi connectivity index (χ3v) is 4.42. The van der Waals surface area contributed by atoms with Gasteiger partial charge in [0.05, 0.1) is 6.54 Å². The monoisotopic (exact) mass is 299 g/mol. The minimum Gasteiger partial charge on any atom is -0.419 e. The van der Waals surface area contributed by atoms with E-state index in [1.54, 1.807) is 11.3 Å². The van der Waals surface area contributed by atoms with Crippen molar-refractivity contribution in [2.24, 2.45) is 0 Å². The Balaban J connectivity index is 1.63. The largest absolute Gasteiger partial charge is 0.419 e. The molecule has 3 rings (SSSR count). The predicted octanol–water partition coefficient (Wildman–Crippen LogP) is 3.96. The minimum atomic E-state index is 0.274. The molecular weight excluding hydrogens is 282 g/mol. The van der Waals surface area contributed by atoms with Crippen LogP contribution in [0, 0.1) is 6.92 Å². The number of aromatic nitrogens is 2. The van der Waals surface area contributed by atoms with Crippen molar-refractivity contribution >= 4 is 11.3 Å². The highest BCUT2D eigenvalue weighted by molar-refractivity contribution is 7.12. The first-order valence-corrected chi connectivity index (χ1v) is 7.71. The molecule has 2 aromatic heterocycles. The molecule has 0 saturated heterocycles. The summed E-state index contributed by atoms with van der Waals surface area (Å²) in [6, 6.07) is 14.4. The van der Waals surface area contributed by atoms with E-state index in [2.05, 4.69) is 41.5 Å². The fourth-order valence-corrected chi connectivity index (χ4v) is 2.95. The Morgan fingerprint density at radius 2 is 1.95 bits per heavy atom. The van der Waals surface area contributed by atoms with Gasteiger partial charge in [0.25, 0.3) is 0 Å². The van der Waals surface area contributed by atoms with Gasteiger partial charge in [-0.3, -0.25) is 0 Å². The van der Waals surface area contributed by atoms with Crippen molar-refractivity contribution in [3.05, 3.63) is 58.1 Å². The quantitative estimate of drug-likeness (QED) is 0.775. The summed E-state index contributed by atoms with van der Waals surface area (Å²) in [7, 11) is 0. The first kappa shape index (κ1) is 14.0. The first-order valence-electron chi connectivity index (χ1n) is 6.90. The smallest absolute Gasteiger partial charge is 0.247 e. The van der Waals surface area contributed by atoms with Gasteiger partial charge < -0.3 is 9.73 Å². The zero-order valence-corrected chi connectivity index (χ0v) is 12.9. The highest BCUT2D eigenvalue weighted by Crippen LogP contribution is 2.23. The van der Waals surface area contributed by atoms with E-state index in [1.807, 2.05) is 30.3 Å². The summed E-state index contributed by atoms with van der Waals surface area (Å²) in [6.45, 7) is 4.82. The molecule has 1 aromatic carbocycles. The number of nitrogens with zero attached hydrogens (tertiary/aromatic N) is 2. The number of nitrogens with one attached hydrogen (secondary N) is 1. The third kappa shape index (κ3) is 3.37. The molecule has 5 heteroatoms. The van der Waals surface area contributed by atoms with Crippen LogP contribution < -0.4 is 5.32 Å². The molecule has 3 aromatic rings. The molecule has 0 aliphatic carbocycles. The molecule has 0 spiro atoms. The van der Waals surface area contributed by atoms with Gasteiger partial charge in [0.2, 0.25) is 11.8 Å². The van der Waals surface area contributed by atoms with Crippen LogP contribution in [0.2, 0.25) is 0 Å². The fraction of sp³-hybridized carbons (Fsp3) is 0.250. The van der Waals surface area contributed by atoms with Crippen LogP contribution in [0.15, 0.2) is 46.9 Å². The number of aryl methyl sites for hydroxylation is 1. The number of hydrogen-bond acceptors (Lipinski definition) is 5. The van der Waals surface area contributed by atoms with Crippen LogP contribution >= 0.6 is 11.3 Å². The summed E-state index contributed by atoms with van der Waals surface area (Å²) >= 11 is 1.80. The van der Waals surface area contributed by atoms with E-state index in [0.717, 1.165) is 5.56 Å². The molecule has 21 heavy (non-hydrogen) atoms. The Kier molecular flexibility index (Phi) is 4.13. The highest BCUT2D eigenvalue weighted by Gasteiger charge is 2.11. The normalized spacial score (nSPS) is 12.5. The standard InChI is InChI=1S/C16H17N3OS/c1-11-8-9-14(21-11)12(2)17-10-15-18-19-16(20-15)13-6-4-3-5-7-13/h3-9,12,17H,10H2,1-2H3. The van der Waals surface area contributed by atoms with Crippen molar-refractivity contribution in [2.75, 3.05) is 0 Å². The van der Waals surface area contributed by atoms with Crippen molar-refractivity contribution in [2.45, 2.75) is 26.4 Å². The van der Waals surface area contributed by atoms with Crippen molar-refractivity contribution < 1.29 is 4.42 Å². The van der Waals surface area contributed by atoms with Gasteiger partial charge in [0.1, 0.15) is 0 Å². The maximum atomic E-state index is 5.68. The second kappa shape index (κ2) is 6.20. The van der Waals surface area contributed by atoms with E-state index in [4.69, 9.17) is 4.42 Å². The van der Waals surface area contributed by atoms with E-state index in [1.165, 1.54) is 9.75 Å². The Hall–Kier alpha value is -1.98. The molecule has 0 saturated carbocycles. The van der Waals surface area contributed by atoms with Crippen LogP contribution in [0.1, 0.15) is 28.6 Å². The lowest BCUT2D eigenvalue weighted by atomic mass is 10.2. The third-order valence-electron chi connectivity index (χ3n) is 3.23. The zero-order chi connectivity index (χ0) is 14.7. The topological polar surface area (TPSA) is 51.0 Å². The number of rotatable bonds is 5. The SMILES string of the molecule is Cc1ccc(C(C)NCc2nnc(-c3ccccc3)o2)s1. The van der Waals surface area contributed by atoms with Gasteiger partial charge in [0, 0.05) is 21.4 Å². The van der Waals surface area contributed by atoms with Gasteiger partial charge in [-0.15, -0.1) is 21.5 Å². The van der Waals surface area contributed by atoms with Crippen LogP contribution in [0.25, 0.3) is 11.5 Å². The van der Waals surface area contributed by atoms with Crippen molar-refractivity contribution in [1.82, 2.24) is 15.5 Å². The van der Waals surface area contributed by atoms with E-state index in [-0.39, 0.29) is 6.04 Å². The molecule has 4 nitrogen and oxygen atoms in total. The lowest BCUT2D eigenvalue weighted by Gasteiger charge is -2.09. The molecule has 0 radical (unpaired) electrons. The van der Waals surface area contributed by atoms with E-state index >= 15 is 0 Å². The van der Waals surface area contributed by atoms with Crippen LogP contribution in [-0.2, 0) is 6.54 Å². The Labute approximate surface area is 127 Å². The molecule has 0 amide bonds. The van der Waals surface area contributed by atoms with Gasteiger partial charge in [0.15, 0.2) is 0 Å². The molecule has 2 heterocycles. The minimum absolute atomic E-state index is 0.274. The summed E-state index contributed by atoms with van der Waals surface area (Å²) in [5, 5.41) is 11.6. The van der Waals surface area contributed by atoms with Gasteiger partial charge in [-0.2, -0.15) is 0 Å². The molecule has 1 unspecified atom stereocenters. The van der Waals surface area contributed by atoms with Crippen molar-refractivity contribution in [3.8, 4) is 11.5 Å². The second-order valence-electron chi connectivity index (χ2n) is 4.92. The summed E-state index contributed by atoms with van der Waals surface area (Å²) in [5.41, 5.74) is 0.943. The van der Waals surface area contributed by atoms with E-state index in [0.29, 0.717) is 18.3 Å².